The van der Waals surface area contributed by atoms with Crippen molar-refractivity contribution in [1.82, 2.24) is 0 Å². The zero-order valence-corrected chi connectivity index (χ0v) is 50.2. The van der Waals surface area contributed by atoms with Gasteiger partial charge in [-0.15, -0.1) is 0 Å². The Kier molecular flexibility index (Phi) is 60.8. The van der Waals surface area contributed by atoms with Gasteiger partial charge in [0, 0.05) is 19.3 Å². The van der Waals surface area contributed by atoms with Crippen molar-refractivity contribution in [1.29, 1.82) is 0 Å². The Hall–Kier alpha value is -4.19. The summed E-state index contributed by atoms with van der Waals surface area (Å²) in [6.45, 7) is 6.40. The second kappa shape index (κ2) is 64.3. The molecule has 6 heteroatoms. The third kappa shape index (κ3) is 62.5. The minimum Gasteiger partial charge on any atom is -0.462 e. The predicted octanol–water partition coefficient (Wildman–Crippen LogP) is 22.0. The van der Waals surface area contributed by atoms with Crippen molar-refractivity contribution in [3.05, 3.63) is 122 Å². The summed E-state index contributed by atoms with van der Waals surface area (Å²) in [5.74, 6) is -0.925. The SMILES string of the molecule is CC/C=C\C/C=C\C/C=C\C/C=C\C/C=C\C/C=C\CCCCCCC(=O)OCC(COC(=O)CCCCCCCCCCCCCCCCCCC)OC(=O)CCCCCCCC/C=C\C/C=C\C/C=C\C/C=C\CC. The first-order valence-electron chi connectivity index (χ1n) is 32.0. The second-order valence-corrected chi connectivity index (χ2v) is 20.9. The Morgan fingerprint density at radius 2 is 0.506 bits per heavy atom. The summed E-state index contributed by atoms with van der Waals surface area (Å²) in [6, 6.07) is 0. The summed E-state index contributed by atoms with van der Waals surface area (Å²) in [6.07, 6.45) is 89.1. The van der Waals surface area contributed by atoms with Crippen LogP contribution >= 0.6 is 0 Å². The number of hydrogen-bond acceptors (Lipinski definition) is 6. The number of ether oxygens (including phenoxy) is 3. The van der Waals surface area contributed by atoms with Gasteiger partial charge in [0.1, 0.15) is 13.2 Å². The number of allylic oxidation sites excluding steroid dienone is 20. The topological polar surface area (TPSA) is 78.9 Å². The van der Waals surface area contributed by atoms with E-state index < -0.39 is 6.10 Å². The van der Waals surface area contributed by atoms with Gasteiger partial charge in [-0.25, -0.2) is 0 Å². The van der Waals surface area contributed by atoms with Gasteiger partial charge in [0.15, 0.2) is 6.10 Å². The zero-order chi connectivity index (χ0) is 55.7. The Labute approximate surface area is 475 Å². The molecule has 0 amide bonds. The van der Waals surface area contributed by atoms with Crippen LogP contribution in [0.15, 0.2) is 122 Å². The molecular weight excluding hydrogens is 949 g/mol. The average molecular weight is 1070 g/mol. The number of rotatable bonds is 57. The molecule has 438 valence electrons. The minimum absolute atomic E-state index is 0.0926. The zero-order valence-electron chi connectivity index (χ0n) is 50.2. The second-order valence-electron chi connectivity index (χ2n) is 20.9. The lowest BCUT2D eigenvalue weighted by Gasteiger charge is -2.18. The van der Waals surface area contributed by atoms with E-state index in [1.165, 1.54) is 103 Å². The van der Waals surface area contributed by atoms with Crippen LogP contribution in [0.3, 0.4) is 0 Å². The van der Waals surface area contributed by atoms with E-state index in [-0.39, 0.29) is 31.1 Å². The van der Waals surface area contributed by atoms with E-state index in [9.17, 15) is 14.4 Å². The van der Waals surface area contributed by atoms with Crippen molar-refractivity contribution in [3.63, 3.8) is 0 Å². The lowest BCUT2D eigenvalue weighted by atomic mass is 10.0. The number of unbranched alkanes of at least 4 members (excludes halogenated alkanes) is 26. The summed E-state index contributed by atoms with van der Waals surface area (Å²) < 4.78 is 16.9. The molecule has 0 saturated carbocycles. The molecule has 1 unspecified atom stereocenters. The predicted molar refractivity (Wildman–Crippen MR) is 334 cm³/mol. The summed E-state index contributed by atoms with van der Waals surface area (Å²) >= 11 is 0. The molecular formula is C71H118O6. The molecule has 0 aliphatic carbocycles. The molecule has 0 radical (unpaired) electrons. The molecule has 0 rings (SSSR count). The molecule has 0 fully saturated rings. The molecule has 0 aromatic rings. The van der Waals surface area contributed by atoms with Crippen molar-refractivity contribution in [2.45, 2.75) is 297 Å². The van der Waals surface area contributed by atoms with Gasteiger partial charge in [0.25, 0.3) is 0 Å². The number of hydrogen-bond donors (Lipinski definition) is 0. The average Bonchev–Trinajstić information content (AvgIpc) is 3.43. The third-order valence-electron chi connectivity index (χ3n) is 13.5. The van der Waals surface area contributed by atoms with E-state index in [1.807, 2.05) is 0 Å². The fourth-order valence-electron chi connectivity index (χ4n) is 8.73. The maximum atomic E-state index is 12.9. The first-order valence-corrected chi connectivity index (χ1v) is 32.0. The largest absolute Gasteiger partial charge is 0.462 e. The van der Waals surface area contributed by atoms with Crippen LogP contribution in [0.5, 0.6) is 0 Å². The molecule has 0 saturated heterocycles. The van der Waals surface area contributed by atoms with Crippen LogP contribution in [0.4, 0.5) is 0 Å². The van der Waals surface area contributed by atoms with Crippen LogP contribution in [0.2, 0.25) is 0 Å². The van der Waals surface area contributed by atoms with E-state index in [0.717, 1.165) is 148 Å². The molecule has 0 bridgehead atoms. The quantitative estimate of drug-likeness (QED) is 0.0261. The van der Waals surface area contributed by atoms with Crippen molar-refractivity contribution in [2.75, 3.05) is 13.2 Å². The standard InChI is InChI=1S/C71H118O6/c1-4-7-10-13-16-19-22-25-28-31-33-34-35-36-38-40-43-46-49-52-55-58-61-64-70(73)76-67-68(66-75-69(72)63-60-57-54-51-48-45-42-39-30-27-24-21-18-15-12-9-6-3)77-71(74)65-62-59-56-53-50-47-44-41-37-32-29-26-23-20-17-14-11-8-5-2/h7-8,10-11,16-17,19-20,25-26,28-29,33-34,36-38,41,43,46,68H,4-6,9,12-15,18,21-24,27,30-32,35,39-40,42,44-45,47-67H2,1-3H3/b10-7-,11-8-,19-16-,20-17-,28-25-,29-26-,34-33-,38-36-,41-37-,46-43-. The Bertz CT molecular complexity index is 1600. The monoisotopic (exact) mass is 1070 g/mol. The molecule has 1 atom stereocenters. The minimum atomic E-state index is -0.800. The van der Waals surface area contributed by atoms with Gasteiger partial charge in [0.05, 0.1) is 0 Å². The van der Waals surface area contributed by atoms with Crippen molar-refractivity contribution in [2.24, 2.45) is 0 Å². The Morgan fingerprint density at radius 1 is 0.273 bits per heavy atom. The Balaban J connectivity index is 4.47. The van der Waals surface area contributed by atoms with Crippen molar-refractivity contribution < 1.29 is 28.6 Å². The van der Waals surface area contributed by atoms with E-state index in [4.69, 9.17) is 14.2 Å². The molecule has 0 heterocycles. The lowest BCUT2D eigenvalue weighted by Crippen LogP contribution is -2.30. The van der Waals surface area contributed by atoms with Crippen LogP contribution < -0.4 is 0 Å². The number of carbonyl (C=O) groups excluding carboxylic acids is 3. The van der Waals surface area contributed by atoms with Gasteiger partial charge in [-0.2, -0.15) is 0 Å². The van der Waals surface area contributed by atoms with E-state index in [2.05, 4.69) is 142 Å². The number of esters is 3. The molecule has 0 aliphatic heterocycles. The van der Waals surface area contributed by atoms with Gasteiger partial charge >= 0.3 is 17.9 Å². The van der Waals surface area contributed by atoms with E-state index in [0.29, 0.717) is 19.3 Å². The van der Waals surface area contributed by atoms with Gasteiger partial charge < -0.3 is 14.2 Å². The maximum Gasteiger partial charge on any atom is 0.306 e. The van der Waals surface area contributed by atoms with E-state index >= 15 is 0 Å². The van der Waals surface area contributed by atoms with Crippen LogP contribution in [-0.4, -0.2) is 37.2 Å². The van der Waals surface area contributed by atoms with Crippen LogP contribution in [0.1, 0.15) is 290 Å². The third-order valence-corrected chi connectivity index (χ3v) is 13.5. The fourth-order valence-corrected chi connectivity index (χ4v) is 8.73. The highest BCUT2D eigenvalue weighted by molar-refractivity contribution is 5.71. The molecule has 0 aromatic heterocycles. The smallest absolute Gasteiger partial charge is 0.306 e. The normalized spacial score (nSPS) is 12.9. The summed E-state index contributed by atoms with van der Waals surface area (Å²) in [5, 5.41) is 0. The molecule has 0 N–H and O–H groups in total. The number of carbonyl (C=O) groups is 3. The highest BCUT2D eigenvalue weighted by atomic mass is 16.6. The van der Waals surface area contributed by atoms with Gasteiger partial charge in [0.2, 0.25) is 0 Å². The highest BCUT2D eigenvalue weighted by Crippen LogP contribution is 2.16. The van der Waals surface area contributed by atoms with Gasteiger partial charge in [-0.05, 0) is 109 Å². The maximum absolute atomic E-state index is 12.9. The summed E-state index contributed by atoms with van der Waals surface area (Å²) in [5.41, 5.74) is 0. The van der Waals surface area contributed by atoms with Gasteiger partial charge in [-0.3, -0.25) is 14.4 Å². The molecule has 0 spiro atoms. The summed E-state index contributed by atoms with van der Waals surface area (Å²) in [4.78, 5) is 38.4. The van der Waals surface area contributed by atoms with Crippen LogP contribution in [0.25, 0.3) is 0 Å². The molecule has 0 aliphatic rings. The van der Waals surface area contributed by atoms with Crippen LogP contribution in [-0.2, 0) is 28.6 Å². The lowest BCUT2D eigenvalue weighted by molar-refractivity contribution is -0.167. The summed E-state index contributed by atoms with van der Waals surface area (Å²) in [7, 11) is 0. The fraction of sp³-hybridized carbons (Fsp3) is 0.676. The van der Waals surface area contributed by atoms with Gasteiger partial charge in [-0.1, -0.05) is 284 Å². The Morgan fingerprint density at radius 3 is 0.792 bits per heavy atom. The molecule has 77 heavy (non-hydrogen) atoms. The van der Waals surface area contributed by atoms with Crippen molar-refractivity contribution >= 4 is 17.9 Å². The molecule has 0 aromatic carbocycles. The first kappa shape index (κ1) is 72.8. The van der Waals surface area contributed by atoms with E-state index in [1.54, 1.807) is 0 Å². The van der Waals surface area contributed by atoms with Crippen molar-refractivity contribution in [3.8, 4) is 0 Å². The first-order chi connectivity index (χ1) is 38.0. The van der Waals surface area contributed by atoms with Crippen LogP contribution in [0, 0.1) is 0 Å². The molecule has 6 nitrogen and oxygen atoms in total. The highest BCUT2D eigenvalue weighted by Gasteiger charge is 2.19.